The fourth-order valence-corrected chi connectivity index (χ4v) is 2.06. The number of anilines is 1. The van der Waals surface area contributed by atoms with Gasteiger partial charge in [0.05, 0.1) is 6.04 Å². The summed E-state index contributed by atoms with van der Waals surface area (Å²) in [7, 11) is 0. The van der Waals surface area contributed by atoms with Crippen LogP contribution in [-0.2, 0) is 11.2 Å². The van der Waals surface area contributed by atoms with E-state index in [-0.39, 0.29) is 11.7 Å². The summed E-state index contributed by atoms with van der Waals surface area (Å²) in [6, 6.07) is 11.3. The minimum absolute atomic E-state index is 0.186. The molecule has 5 heteroatoms. The summed E-state index contributed by atoms with van der Waals surface area (Å²) in [5, 5.41) is 12.6. The Kier molecular flexibility index (Phi) is 4.83. The van der Waals surface area contributed by atoms with Gasteiger partial charge in [0.15, 0.2) is 0 Å². The maximum Gasteiger partial charge on any atom is 0.241 e. The first-order valence-corrected chi connectivity index (χ1v) is 6.94. The quantitative estimate of drug-likeness (QED) is 0.813. The van der Waals surface area contributed by atoms with E-state index in [0.717, 1.165) is 11.1 Å². The van der Waals surface area contributed by atoms with Gasteiger partial charge in [0.1, 0.15) is 5.75 Å². The molecule has 2 aromatic carbocycles. The van der Waals surface area contributed by atoms with E-state index >= 15 is 0 Å². The number of halogens is 1. The van der Waals surface area contributed by atoms with Gasteiger partial charge in [-0.25, -0.2) is 0 Å². The molecule has 0 saturated heterocycles. The third-order valence-corrected chi connectivity index (χ3v) is 3.58. The number of phenolic OH excluding ortho intramolecular Hbond substituents is 1. The molecule has 1 amide bonds. The van der Waals surface area contributed by atoms with Gasteiger partial charge in [0, 0.05) is 10.7 Å². The molecule has 2 aromatic rings. The summed E-state index contributed by atoms with van der Waals surface area (Å²) in [6.45, 7) is 1.89. The lowest BCUT2D eigenvalue weighted by Gasteiger charge is -2.13. The van der Waals surface area contributed by atoms with Gasteiger partial charge >= 0.3 is 0 Å². The van der Waals surface area contributed by atoms with E-state index in [2.05, 4.69) is 5.32 Å². The van der Waals surface area contributed by atoms with Gasteiger partial charge in [-0.15, -0.1) is 0 Å². The molecule has 4 nitrogen and oxygen atoms in total. The molecule has 0 aliphatic carbocycles. The smallest absolute Gasteiger partial charge is 0.241 e. The molecule has 0 aromatic heterocycles. The highest BCUT2D eigenvalue weighted by atomic mass is 35.5. The van der Waals surface area contributed by atoms with Crippen molar-refractivity contribution in [2.45, 2.75) is 19.4 Å². The predicted molar refractivity (Wildman–Crippen MR) is 84.6 cm³/mol. The van der Waals surface area contributed by atoms with Gasteiger partial charge in [-0.1, -0.05) is 29.8 Å². The minimum Gasteiger partial charge on any atom is -0.508 e. The number of benzene rings is 2. The number of carbonyl (C=O) groups excluding carboxylic acids is 1. The van der Waals surface area contributed by atoms with E-state index in [1.165, 1.54) is 0 Å². The Labute approximate surface area is 128 Å². The molecule has 1 unspecified atom stereocenters. The zero-order valence-corrected chi connectivity index (χ0v) is 12.4. The fraction of sp³-hybridized carbons (Fsp3) is 0.188. The summed E-state index contributed by atoms with van der Waals surface area (Å²) in [5.41, 5.74) is 8.35. The topological polar surface area (TPSA) is 75.4 Å². The van der Waals surface area contributed by atoms with Crippen molar-refractivity contribution in [3.63, 3.8) is 0 Å². The Morgan fingerprint density at radius 3 is 2.57 bits per heavy atom. The number of nitrogens with one attached hydrogen (secondary N) is 1. The first-order chi connectivity index (χ1) is 9.95. The Morgan fingerprint density at radius 2 is 1.95 bits per heavy atom. The zero-order chi connectivity index (χ0) is 15.4. The largest absolute Gasteiger partial charge is 0.508 e. The van der Waals surface area contributed by atoms with Crippen LogP contribution in [0.25, 0.3) is 0 Å². The van der Waals surface area contributed by atoms with Crippen molar-refractivity contribution in [1.29, 1.82) is 0 Å². The third-order valence-electron chi connectivity index (χ3n) is 3.17. The number of nitrogens with two attached hydrogens (primary N) is 1. The number of rotatable bonds is 4. The van der Waals surface area contributed by atoms with Crippen molar-refractivity contribution in [2.24, 2.45) is 5.73 Å². The Bertz CT molecular complexity index is 641. The van der Waals surface area contributed by atoms with Crippen molar-refractivity contribution < 1.29 is 9.90 Å². The van der Waals surface area contributed by atoms with E-state index in [9.17, 15) is 9.90 Å². The van der Waals surface area contributed by atoms with Gasteiger partial charge in [0.25, 0.3) is 0 Å². The van der Waals surface area contributed by atoms with Crippen molar-refractivity contribution in [3.8, 4) is 5.75 Å². The summed E-state index contributed by atoms with van der Waals surface area (Å²) < 4.78 is 0. The lowest BCUT2D eigenvalue weighted by atomic mass is 10.1. The van der Waals surface area contributed by atoms with Crippen LogP contribution < -0.4 is 11.1 Å². The third kappa shape index (κ3) is 4.21. The van der Waals surface area contributed by atoms with Crippen LogP contribution >= 0.6 is 11.6 Å². The van der Waals surface area contributed by atoms with E-state index < -0.39 is 6.04 Å². The Hall–Kier alpha value is -2.04. The second-order valence-corrected chi connectivity index (χ2v) is 5.34. The molecule has 2 rings (SSSR count). The number of hydrogen-bond acceptors (Lipinski definition) is 3. The molecule has 0 heterocycles. The molecule has 0 aliphatic heterocycles. The van der Waals surface area contributed by atoms with Crippen LogP contribution in [0.5, 0.6) is 5.75 Å². The number of hydrogen-bond donors (Lipinski definition) is 3. The number of aryl methyl sites for hydroxylation is 1. The number of phenols is 1. The van der Waals surface area contributed by atoms with Gasteiger partial charge in [-0.3, -0.25) is 4.79 Å². The lowest BCUT2D eigenvalue weighted by Crippen LogP contribution is -2.37. The average molecular weight is 305 g/mol. The first kappa shape index (κ1) is 15.4. The molecule has 0 spiro atoms. The Morgan fingerprint density at radius 1 is 1.29 bits per heavy atom. The monoisotopic (exact) mass is 304 g/mol. The molecular weight excluding hydrogens is 288 g/mol. The summed E-state index contributed by atoms with van der Waals surface area (Å²) in [5.74, 6) is -0.0888. The molecular formula is C16H17ClN2O2. The van der Waals surface area contributed by atoms with Crippen LogP contribution in [0, 0.1) is 6.92 Å². The molecule has 110 valence electrons. The molecule has 0 saturated carbocycles. The van der Waals surface area contributed by atoms with Crippen LogP contribution in [0.1, 0.15) is 11.1 Å². The average Bonchev–Trinajstić information content (AvgIpc) is 2.45. The van der Waals surface area contributed by atoms with Crippen molar-refractivity contribution in [1.82, 2.24) is 0 Å². The molecule has 0 bridgehead atoms. The van der Waals surface area contributed by atoms with Crippen LogP contribution in [0.2, 0.25) is 5.02 Å². The standard InChI is InChI=1S/C16H17ClN2O2/c1-10-2-5-12(9-14(10)17)19-16(21)15(18)8-11-3-6-13(20)7-4-11/h2-7,9,15,20H,8,18H2,1H3,(H,19,21). The Balaban J connectivity index is 1.98. The van der Waals surface area contributed by atoms with Gasteiger partial charge in [-0.05, 0) is 48.7 Å². The van der Waals surface area contributed by atoms with Crippen LogP contribution in [-0.4, -0.2) is 17.1 Å². The summed E-state index contributed by atoms with van der Waals surface area (Å²) in [6.07, 6.45) is 0.395. The molecule has 21 heavy (non-hydrogen) atoms. The van der Waals surface area contributed by atoms with E-state index in [4.69, 9.17) is 17.3 Å². The predicted octanol–water partition coefficient (Wildman–Crippen LogP) is 2.86. The maximum atomic E-state index is 12.1. The van der Waals surface area contributed by atoms with E-state index in [0.29, 0.717) is 17.1 Å². The van der Waals surface area contributed by atoms with Gasteiger partial charge < -0.3 is 16.2 Å². The second kappa shape index (κ2) is 6.61. The molecule has 0 aliphatic rings. The van der Waals surface area contributed by atoms with E-state index in [1.807, 2.05) is 13.0 Å². The normalized spacial score (nSPS) is 12.0. The van der Waals surface area contributed by atoms with Gasteiger partial charge in [-0.2, -0.15) is 0 Å². The zero-order valence-electron chi connectivity index (χ0n) is 11.6. The highest BCUT2D eigenvalue weighted by Gasteiger charge is 2.14. The summed E-state index contributed by atoms with van der Waals surface area (Å²) >= 11 is 6.02. The number of aromatic hydroxyl groups is 1. The SMILES string of the molecule is Cc1ccc(NC(=O)C(N)Cc2ccc(O)cc2)cc1Cl. The minimum atomic E-state index is -0.672. The first-order valence-electron chi connectivity index (χ1n) is 6.56. The highest BCUT2D eigenvalue weighted by Crippen LogP contribution is 2.20. The van der Waals surface area contributed by atoms with Crippen molar-refractivity contribution in [2.75, 3.05) is 5.32 Å². The molecule has 0 radical (unpaired) electrons. The van der Waals surface area contributed by atoms with Crippen LogP contribution in [0.3, 0.4) is 0 Å². The highest BCUT2D eigenvalue weighted by molar-refractivity contribution is 6.31. The number of amides is 1. The fourth-order valence-electron chi connectivity index (χ4n) is 1.88. The maximum absolute atomic E-state index is 12.1. The van der Waals surface area contributed by atoms with Crippen LogP contribution in [0.15, 0.2) is 42.5 Å². The number of carbonyl (C=O) groups is 1. The summed E-state index contributed by atoms with van der Waals surface area (Å²) in [4.78, 5) is 12.1. The second-order valence-electron chi connectivity index (χ2n) is 4.93. The van der Waals surface area contributed by atoms with Crippen molar-refractivity contribution >= 4 is 23.2 Å². The van der Waals surface area contributed by atoms with Crippen LogP contribution in [0.4, 0.5) is 5.69 Å². The van der Waals surface area contributed by atoms with Crippen molar-refractivity contribution in [3.05, 3.63) is 58.6 Å². The molecule has 1 atom stereocenters. The van der Waals surface area contributed by atoms with Gasteiger partial charge in [0.2, 0.25) is 5.91 Å². The lowest BCUT2D eigenvalue weighted by molar-refractivity contribution is -0.117. The molecule has 0 fully saturated rings. The molecule has 4 N–H and O–H groups in total. The van der Waals surface area contributed by atoms with E-state index in [1.54, 1.807) is 36.4 Å².